The third-order valence-electron chi connectivity index (χ3n) is 5.36. The molecule has 0 aliphatic carbocycles. The van der Waals surface area contributed by atoms with Crippen LogP contribution in [0.2, 0.25) is 0 Å². The third-order valence-corrected chi connectivity index (χ3v) is 5.36. The van der Waals surface area contributed by atoms with E-state index in [2.05, 4.69) is 25.1 Å². The molecule has 3 aromatic rings. The number of rotatable bonds is 8. The molecule has 38 heavy (non-hydrogen) atoms. The average molecular weight is 540 g/mol. The van der Waals surface area contributed by atoms with Gasteiger partial charge in [-0.05, 0) is 48.7 Å². The minimum Gasteiger partial charge on any atom is -0.421 e. The fourth-order valence-corrected chi connectivity index (χ4v) is 3.50. The van der Waals surface area contributed by atoms with Gasteiger partial charge in [-0.3, -0.25) is 14.6 Å². The fourth-order valence-electron chi connectivity index (χ4n) is 3.50. The van der Waals surface area contributed by atoms with Gasteiger partial charge in [0, 0.05) is 30.6 Å². The highest BCUT2D eigenvalue weighted by Crippen LogP contribution is 2.47. The normalized spacial score (nSPS) is 15.0. The lowest BCUT2D eigenvalue weighted by Crippen LogP contribution is -2.52. The quantitative estimate of drug-likeness (QED) is 0.282. The Bertz CT molecular complexity index is 1400. The number of ether oxygens (including phenoxy) is 2. The molecule has 0 unspecified atom stereocenters. The van der Waals surface area contributed by atoms with Gasteiger partial charge in [0.15, 0.2) is 23.1 Å². The topological polar surface area (TPSA) is 116 Å². The van der Waals surface area contributed by atoms with Crippen molar-refractivity contribution >= 4 is 23.2 Å². The molecule has 1 aromatic heterocycles. The summed E-state index contributed by atoms with van der Waals surface area (Å²) in [6, 6.07) is 7.37. The number of nitrogens with one attached hydrogen (secondary N) is 2. The maximum atomic E-state index is 13.9. The van der Waals surface area contributed by atoms with Gasteiger partial charge < -0.3 is 25.8 Å². The van der Waals surface area contributed by atoms with Crippen LogP contribution in [-0.2, 0) is 6.42 Å². The van der Waals surface area contributed by atoms with E-state index < -0.39 is 47.2 Å². The summed E-state index contributed by atoms with van der Waals surface area (Å²) in [6.45, 7) is 0.201. The number of anilines is 2. The van der Waals surface area contributed by atoms with Crippen LogP contribution < -0.4 is 25.8 Å². The first-order chi connectivity index (χ1) is 17.9. The second kappa shape index (κ2) is 10.1. The molecule has 0 saturated heterocycles. The van der Waals surface area contributed by atoms with Crippen molar-refractivity contribution in [3.05, 3.63) is 77.1 Å². The lowest BCUT2D eigenvalue weighted by Gasteiger charge is -2.31. The molecule has 200 valence electrons. The number of halogens is 6. The number of primary amides is 1. The second-order valence-corrected chi connectivity index (χ2v) is 8.11. The van der Waals surface area contributed by atoms with Crippen LogP contribution >= 0.6 is 0 Å². The Morgan fingerprint density at radius 2 is 1.61 bits per heavy atom. The van der Waals surface area contributed by atoms with Crippen LogP contribution in [0.25, 0.3) is 0 Å². The van der Waals surface area contributed by atoms with Crippen LogP contribution in [0.15, 0.2) is 48.7 Å². The highest BCUT2D eigenvalue weighted by molar-refractivity contribution is 6.08. The summed E-state index contributed by atoms with van der Waals surface area (Å²) in [6.07, 6.45) is -7.54. The molecule has 0 fully saturated rings. The third kappa shape index (κ3) is 5.58. The van der Waals surface area contributed by atoms with Crippen LogP contribution in [0.3, 0.4) is 0 Å². The zero-order valence-corrected chi connectivity index (χ0v) is 19.2. The maximum absolute atomic E-state index is 13.9. The number of nitrogens with zero attached hydrogens (tertiary/aromatic N) is 1. The number of alkyl halides is 4. The average Bonchev–Trinajstić information content (AvgIpc) is 2.84. The monoisotopic (exact) mass is 540 g/mol. The molecule has 2 aromatic carbocycles. The molecule has 0 atom stereocenters. The minimum absolute atomic E-state index is 0.0716. The Kier molecular flexibility index (Phi) is 7.07. The molecule has 2 amide bonds. The number of nitrogens with two attached hydrogens (primary N) is 1. The Labute approximate surface area is 210 Å². The van der Waals surface area contributed by atoms with Gasteiger partial charge in [-0.2, -0.15) is 17.6 Å². The summed E-state index contributed by atoms with van der Waals surface area (Å²) in [5.74, 6) is -5.65. The van der Waals surface area contributed by atoms with E-state index in [-0.39, 0.29) is 29.2 Å². The van der Waals surface area contributed by atoms with Crippen LogP contribution in [0.5, 0.6) is 11.5 Å². The smallest absolute Gasteiger partial charge is 0.421 e. The molecule has 4 N–H and O–H groups in total. The van der Waals surface area contributed by atoms with Gasteiger partial charge in [-0.25, -0.2) is 8.78 Å². The number of benzene rings is 2. The van der Waals surface area contributed by atoms with Crippen molar-refractivity contribution in [3.63, 3.8) is 0 Å². The summed E-state index contributed by atoms with van der Waals surface area (Å²) in [5, 5.41) is 5.11. The van der Waals surface area contributed by atoms with E-state index in [0.717, 1.165) is 29.8 Å². The first-order valence-corrected chi connectivity index (χ1v) is 10.9. The molecular weight excluding hydrogens is 522 g/mol. The number of aromatic nitrogens is 1. The Hall–Kier alpha value is -4.49. The van der Waals surface area contributed by atoms with Gasteiger partial charge >= 0.3 is 12.2 Å². The predicted molar refractivity (Wildman–Crippen MR) is 121 cm³/mol. The van der Waals surface area contributed by atoms with Crippen molar-refractivity contribution in [1.29, 1.82) is 0 Å². The van der Waals surface area contributed by atoms with E-state index in [1.807, 2.05) is 0 Å². The number of fused-ring (bicyclic) bond motifs is 1. The fraction of sp³-hybridized carbons (Fsp3) is 0.208. The van der Waals surface area contributed by atoms with Crippen molar-refractivity contribution in [2.24, 2.45) is 5.73 Å². The van der Waals surface area contributed by atoms with Crippen molar-refractivity contribution in [2.75, 3.05) is 17.2 Å². The zero-order chi connectivity index (χ0) is 27.7. The highest BCUT2D eigenvalue weighted by Gasteiger charge is 2.65. The molecule has 2 heterocycles. The Morgan fingerprint density at radius 3 is 2.32 bits per heavy atom. The molecule has 0 radical (unpaired) electrons. The summed E-state index contributed by atoms with van der Waals surface area (Å²) >= 11 is 0. The van der Waals surface area contributed by atoms with E-state index in [1.54, 1.807) is 6.07 Å². The Morgan fingerprint density at radius 1 is 0.921 bits per heavy atom. The molecule has 0 spiro atoms. The summed E-state index contributed by atoms with van der Waals surface area (Å²) in [4.78, 5) is 27.9. The van der Waals surface area contributed by atoms with Gasteiger partial charge in [0.25, 0.3) is 11.8 Å². The number of carbonyl (C=O) groups is 2. The zero-order valence-electron chi connectivity index (χ0n) is 19.2. The van der Waals surface area contributed by atoms with Crippen molar-refractivity contribution < 1.29 is 45.4 Å². The summed E-state index contributed by atoms with van der Waals surface area (Å²) in [5.41, 5.74) is 5.48. The van der Waals surface area contributed by atoms with Crippen LogP contribution in [0.4, 0.5) is 37.7 Å². The van der Waals surface area contributed by atoms with E-state index in [0.29, 0.717) is 18.9 Å². The number of pyridine rings is 1. The van der Waals surface area contributed by atoms with Crippen molar-refractivity contribution in [2.45, 2.75) is 25.1 Å². The van der Waals surface area contributed by atoms with Crippen molar-refractivity contribution in [1.82, 2.24) is 4.98 Å². The SMILES string of the molecule is NC(=O)c1cc(CCCNc2cc(F)c(F)cc2C(=O)Nc2ccc3c(c2)OC(F)(F)C(F)(F)O3)ccn1. The summed E-state index contributed by atoms with van der Waals surface area (Å²) < 4.78 is 89.4. The number of carbonyl (C=O) groups excluding carboxylic acids is 2. The molecule has 1 aliphatic rings. The van der Waals surface area contributed by atoms with Gasteiger partial charge in [-0.1, -0.05) is 0 Å². The van der Waals surface area contributed by atoms with E-state index in [1.165, 1.54) is 12.3 Å². The summed E-state index contributed by atoms with van der Waals surface area (Å²) in [7, 11) is 0. The molecule has 14 heteroatoms. The largest absolute Gasteiger partial charge is 0.507 e. The highest BCUT2D eigenvalue weighted by atomic mass is 19.3. The number of aryl methyl sites for hydroxylation is 1. The van der Waals surface area contributed by atoms with Crippen LogP contribution in [-0.4, -0.2) is 35.6 Å². The number of hydrogen-bond donors (Lipinski definition) is 3. The van der Waals surface area contributed by atoms with Gasteiger partial charge in [0.2, 0.25) is 0 Å². The second-order valence-electron chi connectivity index (χ2n) is 8.11. The first kappa shape index (κ1) is 26.6. The standard InChI is InChI=1S/C24H18F6N4O4/c25-15-10-14(17(11-16(15)26)32-6-1-2-12-5-7-33-18(8-12)21(31)35)22(36)34-13-3-4-19-20(9-13)38-24(29,30)23(27,28)37-19/h3-5,7-11,32H,1-2,6H2,(H2,31,35)(H,34,36). The molecule has 0 saturated carbocycles. The number of hydrogen-bond acceptors (Lipinski definition) is 6. The van der Waals surface area contributed by atoms with E-state index in [9.17, 15) is 35.9 Å². The molecular formula is C24H18F6N4O4. The van der Waals surface area contributed by atoms with Crippen molar-refractivity contribution in [3.8, 4) is 11.5 Å². The molecule has 0 bridgehead atoms. The van der Waals surface area contributed by atoms with Gasteiger partial charge in [0.05, 0.1) is 11.3 Å². The lowest BCUT2D eigenvalue weighted by atomic mass is 10.1. The van der Waals surface area contributed by atoms with E-state index >= 15 is 0 Å². The van der Waals surface area contributed by atoms with E-state index in [4.69, 9.17) is 5.73 Å². The molecule has 1 aliphatic heterocycles. The maximum Gasteiger partial charge on any atom is 0.507 e. The minimum atomic E-state index is -4.96. The van der Waals surface area contributed by atoms with Gasteiger partial charge in [-0.15, -0.1) is 0 Å². The van der Waals surface area contributed by atoms with Gasteiger partial charge in [0.1, 0.15) is 5.69 Å². The molecule has 8 nitrogen and oxygen atoms in total. The lowest BCUT2D eigenvalue weighted by molar-refractivity contribution is -0.391. The predicted octanol–water partition coefficient (Wildman–Crippen LogP) is 4.71. The molecule has 4 rings (SSSR count). The van der Waals surface area contributed by atoms with Crippen LogP contribution in [0.1, 0.15) is 32.8 Å². The first-order valence-electron chi connectivity index (χ1n) is 10.9. The Balaban J connectivity index is 1.46. The van der Waals surface area contributed by atoms with Crippen LogP contribution in [0, 0.1) is 11.6 Å². The number of amides is 2.